The first kappa shape index (κ1) is 71.5. The molecule has 10 N–H and O–H groups in total. The van der Waals surface area contributed by atoms with Crippen LogP contribution >= 0.6 is 27.4 Å². The first-order chi connectivity index (χ1) is 38.3. The van der Waals surface area contributed by atoms with Crippen LogP contribution < -0.4 is 17.2 Å². The molecule has 0 spiro atoms. The van der Waals surface area contributed by atoms with Crippen molar-refractivity contribution in [2.75, 3.05) is 31.3 Å². The van der Waals surface area contributed by atoms with Crippen LogP contribution in [0.3, 0.4) is 0 Å². The molecule has 450 valence electrons. The van der Waals surface area contributed by atoms with Gasteiger partial charge < -0.3 is 55.9 Å². The minimum atomic E-state index is -5.57. The van der Waals surface area contributed by atoms with E-state index in [1.54, 1.807) is 18.2 Å². The fourth-order valence-electron chi connectivity index (χ4n) is 7.33. The van der Waals surface area contributed by atoms with Gasteiger partial charge in [0.25, 0.3) is 0 Å². The van der Waals surface area contributed by atoms with Crippen LogP contribution in [0.2, 0.25) is 0 Å². The van der Waals surface area contributed by atoms with E-state index in [1.165, 1.54) is 18.9 Å². The Morgan fingerprint density at radius 1 is 0.787 bits per heavy atom. The van der Waals surface area contributed by atoms with Crippen LogP contribution in [0.1, 0.15) is 136 Å². The smallest absolute Gasteiger partial charge is 0.481 e. The molecular weight excluding hydrogens is 1100 g/mol. The van der Waals surface area contributed by atoms with Crippen LogP contribution in [0.15, 0.2) is 114 Å². The Hall–Kier alpha value is -4.58. The SMILES string of the molecule is CC/C=C\C/C=C\C/C=C\C/C=C\CCCCCCC(=O)O[C@H](COC(=O)[C@@H](N)CS[C@H](/C=C/C=C/C=C\C/C=C\CCCCC)[C@@H](O)CCCC(=O)O)COP(=O)(O)OP(=O)(O)OC[C@H]1O[C@@H](n2ccc(N)nc2=O)[C@H](O)[C@@H]1O. The van der Waals surface area contributed by atoms with Crippen LogP contribution in [-0.4, -0.2) is 125 Å². The molecule has 0 aliphatic carbocycles. The van der Waals surface area contributed by atoms with E-state index >= 15 is 0 Å². The van der Waals surface area contributed by atoms with Gasteiger partial charge in [0.1, 0.15) is 36.8 Å². The molecule has 0 bridgehead atoms. The Labute approximate surface area is 474 Å². The first-order valence-electron chi connectivity index (χ1n) is 27.2. The Morgan fingerprint density at radius 2 is 1.40 bits per heavy atom. The monoisotopic (exact) mass is 1180 g/mol. The van der Waals surface area contributed by atoms with Crippen molar-refractivity contribution in [2.24, 2.45) is 5.73 Å². The fourth-order valence-corrected chi connectivity index (χ4v) is 10.6. The molecule has 2 heterocycles. The van der Waals surface area contributed by atoms with Gasteiger partial charge in [-0.1, -0.05) is 137 Å². The standard InChI is InChI=1S/C55H86N4O18P2S/c1-3-5-7-9-11-13-15-17-18-19-20-21-23-25-27-29-31-36-50(63)75-43(40-73-78(68,69)77-79(70,71)74-41-46-51(64)52(65)53(76-46)59-38-37-48(57)58-55(59)67)39-72-54(66)44(56)42-80-47(45(60)33-32-35-49(61)62)34-30-28-26-24-22-16-14-12-10-8-6-4-2/h5,7,11-14,17-18,20-22,24,26,28,30,34,37-38,43-47,51-53,60,64-65H,3-4,6,8-10,15-16,19,23,25,27,29,31-33,35-36,39-42,56H2,1-2H3,(H,61,62)(H,68,69)(H,70,71)(H2,57,58,67)/b7-5-,13-11-,14-12-,18-17-,21-20-,24-22-,28-26+,34-30+/t43-,44+,45+,46-,47-,51-,52-,53-/m1/s1. The van der Waals surface area contributed by atoms with Crippen molar-refractivity contribution < 1.29 is 81.3 Å². The maximum atomic E-state index is 13.2. The number of rotatable bonds is 44. The molecule has 0 amide bonds. The number of hydrogen-bond acceptors (Lipinski definition) is 19. The van der Waals surface area contributed by atoms with Gasteiger partial charge in [0.15, 0.2) is 12.3 Å². The number of thioether (sulfide) groups is 1. The van der Waals surface area contributed by atoms with Crippen molar-refractivity contribution in [3.63, 3.8) is 0 Å². The van der Waals surface area contributed by atoms with E-state index in [0.717, 1.165) is 86.7 Å². The maximum absolute atomic E-state index is 13.2. The van der Waals surface area contributed by atoms with Crippen LogP contribution in [-0.2, 0) is 51.1 Å². The Balaban J connectivity index is 2.05. The number of phosphoric ester groups is 2. The number of nitrogen functional groups attached to an aromatic ring is 1. The van der Waals surface area contributed by atoms with Gasteiger partial charge in [0.05, 0.1) is 19.3 Å². The highest BCUT2D eigenvalue weighted by Crippen LogP contribution is 2.60. The third-order valence-corrected chi connectivity index (χ3v) is 15.7. The van der Waals surface area contributed by atoms with E-state index in [1.807, 2.05) is 18.2 Å². The molecule has 1 fully saturated rings. The molecule has 1 aromatic rings. The quantitative estimate of drug-likeness (QED) is 0.00997. The number of carbonyl (C=O) groups excluding carboxylic acids is 2. The molecule has 1 saturated heterocycles. The molecule has 22 nitrogen and oxygen atoms in total. The zero-order chi connectivity index (χ0) is 59.0. The number of esters is 2. The van der Waals surface area contributed by atoms with Gasteiger partial charge in [-0.15, -0.1) is 11.8 Å². The van der Waals surface area contributed by atoms with Crippen molar-refractivity contribution >= 4 is 51.1 Å². The van der Waals surface area contributed by atoms with E-state index in [2.05, 4.69) is 83.9 Å². The van der Waals surface area contributed by atoms with Gasteiger partial charge in [-0.2, -0.15) is 9.29 Å². The van der Waals surface area contributed by atoms with Crippen LogP contribution in [0.25, 0.3) is 0 Å². The van der Waals surface area contributed by atoms with Crippen molar-refractivity contribution in [2.45, 2.75) is 177 Å². The molecule has 25 heteroatoms. The van der Waals surface area contributed by atoms with E-state index in [-0.39, 0.29) is 37.3 Å². The molecule has 0 aromatic carbocycles. The Kier molecular flexibility index (Phi) is 37.8. The molecule has 1 aliphatic heterocycles. The van der Waals surface area contributed by atoms with E-state index in [0.29, 0.717) is 12.8 Å². The average molecular weight is 1190 g/mol. The van der Waals surface area contributed by atoms with Crippen LogP contribution in [0.4, 0.5) is 5.82 Å². The third kappa shape index (κ3) is 33.4. The summed E-state index contributed by atoms with van der Waals surface area (Å²) in [5.41, 5.74) is 10.8. The lowest BCUT2D eigenvalue weighted by molar-refractivity contribution is -0.161. The van der Waals surface area contributed by atoms with Gasteiger partial charge in [-0.25, -0.2) is 13.9 Å². The number of aromatic nitrogens is 2. The first-order valence-corrected chi connectivity index (χ1v) is 31.2. The third-order valence-electron chi connectivity index (χ3n) is 11.6. The Morgan fingerprint density at radius 3 is 2.05 bits per heavy atom. The minimum absolute atomic E-state index is 0.0859. The minimum Gasteiger partial charge on any atom is -0.481 e. The summed E-state index contributed by atoms with van der Waals surface area (Å²) in [6.45, 7) is 1.48. The number of allylic oxidation sites excluding steroid dienone is 15. The number of carbonyl (C=O) groups is 3. The molecule has 2 unspecified atom stereocenters. The molecule has 2 rings (SSSR count). The number of aliphatic hydroxyl groups excluding tert-OH is 3. The summed E-state index contributed by atoms with van der Waals surface area (Å²) in [6, 6.07) is -0.0881. The predicted molar refractivity (Wildman–Crippen MR) is 308 cm³/mol. The number of carboxylic acid groups (broad SMARTS) is 1. The van der Waals surface area contributed by atoms with Crippen LogP contribution in [0, 0.1) is 0 Å². The zero-order valence-corrected chi connectivity index (χ0v) is 48.6. The lowest BCUT2D eigenvalue weighted by Crippen LogP contribution is -2.38. The number of nitrogens with two attached hydrogens (primary N) is 2. The summed E-state index contributed by atoms with van der Waals surface area (Å²) in [4.78, 5) is 74.0. The van der Waals surface area contributed by atoms with E-state index < -0.39 is 107 Å². The van der Waals surface area contributed by atoms with Crippen molar-refractivity contribution in [3.05, 3.63) is 120 Å². The highest BCUT2D eigenvalue weighted by Gasteiger charge is 2.46. The molecule has 10 atom stereocenters. The van der Waals surface area contributed by atoms with Gasteiger partial charge in [0, 0.05) is 30.0 Å². The average Bonchev–Trinajstić information content (AvgIpc) is 3.81. The summed E-state index contributed by atoms with van der Waals surface area (Å²) in [5, 5.41) is 40.5. The molecule has 0 saturated carbocycles. The molecule has 0 radical (unpaired) electrons. The maximum Gasteiger partial charge on any atom is 0.481 e. The fraction of sp³-hybridized carbons (Fsp3) is 0.582. The lowest BCUT2D eigenvalue weighted by atomic mass is 10.1. The summed E-state index contributed by atoms with van der Waals surface area (Å²) >= 11 is 1.11. The number of carboxylic acids is 1. The number of aliphatic carboxylic acids is 1. The zero-order valence-electron chi connectivity index (χ0n) is 46.0. The second-order valence-corrected chi connectivity index (χ2v) is 22.8. The number of anilines is 1. The van der Waals surface area contributed by atoms with E-state index in [9.17, 15) is 53.4 Å². The van der Waals surface area contributed by atoms with Crippen LogP contribution in [0.5, 0.6) is 0 Å². The number of hydrogen-bond donors (Lipinski definition) is 8. The highest BCUT2D eigenvalue weighted by molar-refractivity contribution is 8.00. The van der Waals surface area contributed by atoms with Crippen molar-refractivity contribution in [1.29, 1.82) is 0 Å². The second kappa shape index (κ2) is 42.3. The number of nitrogens with zero attached hydrogens (tertiary/aromatic N) is 2. The molecule has 1 aliphatic rings. The second-order valence-electron chi connectivity index (χ2n) is 18.6. The summed E-state index contributed by atoms with van der Waals surface area (Å²) in [7, 11) is -11.1. The summed E-state index contributed by atoms with van der Waals surface area (Å²) in [6.07, 6.45) is 36.7. The predicted octanol–water partition coefficient (Wildman–Crippen LogP) is 8.54. The lowest BCUT2D eigenvalue weighted by Gasteiger charge is -2.23. The van der Waals surface area contributed by atoms with Gasteiger partial charge in [-0.05, 0) is 83.1 Å². The largest absolute Gasteiger partial charge is 0.481 e. The number of ether oxygens (including phenoxy) is 3. The van der Waals surface area contributed by atoms with Crippen molar-refractivity contribution in [1.82, 2.24) is 9.55 Å². The summed E-state index contributed by atoms with van der Waals surface area (Å²) < 4.78 is 57.0. The van der Waals surface area contributed by atoms with Gasteiger partial charge in [-0.3, -0.25) is 28.0 Å². The number of phosphoric acid groups is 2. The highest BCUT2D eigenvalue weighted by atomic mass is 32.2. The normalized spacial score (nSPS) is 20.2. The molecular formula is C55H86N4O18P2S. The van der Waals surface area contributed by atoms with Crippen molar-refractivity contribution in [3.8, 4) is 0 Å². The summed E-state index contributed by atoms with van der Waals surface area (Å²) in [5.74, 6) is -3.01. The molecule has 80 heavy (non-hydrogen) atoms. The molecule has 1 aromatic heterocycles. The number of aliphatic hydroxyl groups is 3. The Bertz CT molecular complexity index is 2360. The number of unbranched alkanes of at least 4 members (excludes halogenated alkanes) is 7. The topological polar surface area (TPSA) is 349 Å². The van der Waals surface area contributed by atoms with E-state index in [4.69, 9.17) is 39.8 Å². The van der Waals surface area contributed by atoms with Gasteiger partial charge >= 0.3 is 39.2 Å². The van der Waals surface area contributed by atoms with Gasteiger partial charge in [0.2, 0.25) is 0 Å².